The van der Waals surface area contributed by atoms with Crippen LogP contribution in [0.15, 0.2) is 82.7 Å². The summed E-state index contributed by atoms with van der Waals surface area (Å²) in [6.45, 7) is 1.51. The van der Waals surface area contributed by atoms with Gasteiger partial charge in [0.15, 0.2) is 21.5 Å². The molecule has 0 aromatic heterocycles. The van der Waals surface area contributed by atoms with Gasteiger partial charge < -0.3 is 19.5 Å². The van der Waals surface area contributed by atoms with Gasteiger partial charge in [-0.3, -0.25) is 4.79 Å². The van der Waals surface area contributed by atoms with E-state index >= 15 is 0 Å². The fourth-order valence-electron chi connectivity index (χ4n) is 5.27. The molecule has 1 N–H and O–H groups in total. The van der Waals surface area contributed by atoms with E-state index in [1.54, 1.807) is 77.7 Å². The van der Waals surface area contributed by atoms with Gasteiger partial charge in [0, 0.05) is 53.7 Å². The summed E-state index contributed by atoms with van der Waals surface area (Å²) in [6.07, 6.45) is 1.11. The first-order chi connectivity index (χ1) is 20.2. The number of halogens is 2. The molecule has 2 aliphatic rings. The van der Waals surface area contributed by atoms with Crippen molar-refractivity contribution in [2.75, 3.05) is 32.1 Å². The van der Waals surface area contributed by atoms with E-state index in [2.05, 4.69) is 0 Å². The first-order valence-corrected chi connectivity index (χ1v) is 16.3. The van der Waals surface area contributed by atoms with E-state index in [1.807, 2.05) is 0 Å². The molecule has 222 valence electrons. The fourth-order valence-corrected chi connectivity index (χ4v) is 7.17. The van der Waals surface area contributed by atoms with Crippen LogP contribution in [0.3, 0.4) is 0 Å². The fraction of sp³-hybridized carbons (Fsp3) is 0.355. The molecular formula is C31H32Cl2N2O6S. The summed E-state index contributed by atoms with van der Waals surface area (Å²) in [5.41, 5.74) is -0.495. The largest absolute Gasteiger partial charge is 0.494 e. The predicted octanol–water partition coefficient (Wildman–Crippen LogP) is 5.50. The van der Waals surface area contributed by atoms with Gasteiger partial charge in [-0.15, -0.1) is 0 Å². The van der Waals surface area contributed by atoms with Crippen LogP contribution in [0.5, 0.6) is 5.75 Å². The second-order valence-corrected chi connectivity index (χ2v) is 13.3. The standard InChI is InChI=1S/C31H32Cl2N2O6S/c32-23-11-14-26(27(33)21-23)28-31(30(37)35-16-4-5-17-35,15-20-42(38,39)25-7-2-1-3-8-25)34-29(41-28)22-9-12-24(13-10-22)40-19-6-18-36/h1-3,7-14,21,28,36H,4-6,15-20H2/t28-,31-/m1/s1. The molecule has 8 nitrogen and oxygen atoms in total. The maximum Gasteiger partial charge on any atom is 0.254 e. The molecule has 1 saturated heterocycles. The van der Waals surface area contributed by atoms with Crippen LogP contribution in [0.2, 0.25) is 10.0 Å². The second kappa shape index (κ2) is 13.0. The lowest BCUT2D eigenvalue weighted by molar-refractivity contribution is -0.138. The van der Waals surface area contributed by atoms with Crippen molar-refractivity contribution in [3.63, 3.8) is 0 Å². The lowest BCUT2D eigenvalue weighted by atomic mass is 9.84. The molecule has 0 bridgehead atoms. The van der Waals surface area contributed by atoms with Crippen molar-refractivity contribution in [2.24, 2.45) is 4.99 Å². The van der Waals surface area contributed by atoms with Crippen LogP contribution in [0.1, 0.15) is 42.9 Å². The Morgan fingerprint density at radius 3 is 2.43 bits per heavy atom. The van der Waals surface area contributed by atoms with Crippen LogP contribution < -0.4 is 4.74 Å². The lowest BCUT2D eigenvalue weighted by Crippen LogP contribution is -2.50. The monoisotopic (exact) mass is 630 g/mol. The quantitative estimate of drug-likeness (QED) is 0.281. The third-order valence-electron chi connectivity index (χ3n) is 7.50. The minimum atomic E-state index is -3.75. The molecule has 0 aliphatic carbocycles. The van der Waals surface area contributed by atoms with Gasteiger partial charge >= 0.3 is 0 Å². The summed E-state index contributed by atoms with van der Waals surface area (Å²) in [6, 6.07) is 20.2. The minimum absolute atomic E-state index is 0.0322. The van der Waals surface area contributed by atoms with Crippen molar-refractivity contribution < 1.29 is 27.8 Å². The molecule has 11 heteroatoms. The number of hydrogen-bond acceptors (Lipinski definition) is 7. The number of likely N-dealkylation sites (tertiary alicyclic amines) is 1. The van der Waals surface area contributed by atoms with Crippen LogP contribution in [0.25, 0.3) is 0 Å². The minimum Gasteiger partial charge on any atom is -0.494 e. The molecule has 0 unspecified atom stereocenters. The van der Waals surface area contributed by atoms with Gasteiger partial charge in [0.05, 0.1) is 17.3 Å². The van der Waals surface area contributed by atoms with E-state index in [4.69, 9.17) is 42.8 Å². The number of aliphatic hydroxyl groups is 1. The number of carbonyl (C=O) groups excluding carboxylic acids is 1. The number of nitrogens with zero attached hydrogens (tertiary/aromatic N) is 2. The summed E-state index contributed by atoms with van der Waals surface area (Å²) < 4.78 is 39.0. The Kier molecular flexibility index (Phi) is 9.42. The number of benzene rings is 3. The Bertz CT molecular complexity index is 1540. The number of sulfone groups is 1. The molecule has 3 aromatic carbocycles. The first kappa shape index (κ1) is 30.4. The highest BCUT2D eigenvalue weighted by molar-refractivity contribution is 7.91. The zero-order chi connectivity index (χ0) is 29.7. The number of ether oxygens (including phenoxy) is 2. The predicted molar refractivity (Wildman–Crippen MR) is 162 cm³/mol. The third-order valence-corrected chi connectivity index (χ3v) is 9.79. The number of amides is 1. The Balaban J connectivity index is 1.58. The summed E-state index contributed by atoms with van der Waals surface area (Å²) in [7, 11) is -3.75. The molecule has 5 rings (SSSR count). The summed E-state index contributed by atoms with van der Waals surface area (Å²) in [5, 5.41) is 9.73. The van der Waals surface area contributed by atoms with E-state index in [-0.39, 0.29) is 35.5 Å². The van der Waals surface area contributed by atoms with Crippen molar-refractivity contribution in [2.45, 2.75) is 42.2 Å². The zero-order valence-electron chi connectivity index (χ0n) is 22.9. The van der Waals surface area contributed by atoms with Crippen molar-refractivity contribution >= 4 is 44.8 Å². The normalized spacial score (nSPS) is 20.3. The zero-order valence-corrected chi connectivity index (χ0v) is 25.2. The topological polar surface area (TPSA) is 106 Å². The van der Waals surface area contributed by atoms with Crippen molar-refractivity contribution in [1.82, 2.24) is 4.90 Å². The average Bonchev–Trinajstić information content (AvgIpc) is 3.67. The van der Waals surface area contributed by atoms with Crippen molar-refractivity contribution in [1.29, 1.82) is 0 Å². The maximum absolute atomic E-state index is 14.4. The number of aliphatic imine (C=N–C) groups is 1. The van der Waals surface area contributed by atoms with Crippen LogP contribution in [0.4, 0.5) is 0 Å². The van der Waals surface area contributed by atoms with Gasteiger partial charge in [0.2, 0.25) is 5.90 Å². The van der Waals surface area contributed by atoms with E-state index in [0.717, 1.165) is 12.8 Å². The number of hydrogen-bond donors (Lipinski definition) is 1. The van der Waals surface area contributed by atoms with E-state index in [1.165, 1.54) is 0 Å². The van der Waals surface area contributed by atoms with Gasteiger partial charge in [-0.2, -0.15) is 0 Å². The molecule has 0 saturated carbocycles. The molecule has 2 aliphatic heterocycles. The second-order valence-electron chi connectivity index (χ2n) is 10.3. The maximum atomic E-state index is 14.4. The highest BCUT2D eigenvalue weighted by Gasteiger charge is 2.55. The summed E-state index contributed by atoms with van der Waals surface area (Å²) in [5.74, 6) is 0.197. The summed E-state index contributed by atoms with van der Waals surface area (Å²) >= 11 is 12.9. The Hall–Kier alpha value is -3.11. The lowest BCUT2D eigenvalue weighted by Gasteiger charge is -2.34. The molecule has 0 spiro atoms. The first-order valence-electron chi connectivity index (χ1n) is 13.9. The van der Waals surface area contributed by atoms with Gasteiger partial charge in [-0.05, 0) is 61.4 Å². The SMILES string of the molecule is O=C(N1CCCC1)[C@]1(CCS(=O)(=O)c2ccccc2)N=C(c2ccc(OCCCO)cc2)O[C@@H]1c1ccc(Cl)cc1Cl. The molecule has 1 fully saturated rings. The molecule has 1 amide bonds. The van der Waals surface area contributed by atoms with E-state index in [9.17, 15) is 13.2 Å². The summed E-state index contributed by atoms with van der Waals surface area (Å²) in [4.78, 5) is 21.2. The van der Waals surface area contributed by atoms with Crippen LogP contribution in [-0.4, -0.2) is 67.8 Å². The Morgan fingerprint density at radius 2 is 1.76 bits per heavy atom. The van der Waals surface area contributed by atoms with Crippen LogP contribution in [0, 0.1) is 0 Å². The smallest absolute Gasteiger partial charge is 0.254 e. The molecule has 3 aromatic rings. The number of aliphatic hydroxyl groups excluding tert-OH is 1. The third kappa shape index (κ3) is 6.44. The molecule has 2 atom stereocenters. The van der Waals surface area contributed by atoms with Gasteiger partial charge in [-0.25, -0.2) is 13.4 Å². The van der Waals surface area contributed by atoms with Gasteiger partial charge in [0.1, 0.15) is 5.75 Å². The molecule has 42 heavy (non-hydrogen) atoms. The number of carbonyl (C=O) groups is 1. The number of rotatable bonds is 11. The van der Waals surface area contributed by atoms with E-state index in [0.29, 0.717) is 53.0 Å². The Labute approximate surface area is 255 Å². The highest BCUT2D eigenvalue weighted by Crippen LogP contribution is 2.46. The molecule has 0 radical (unpaired) electrons. The van der Waals surface area contributed by atoms with Gasteiger partial charge in [0.25, 0.3) is 5.91 Å². The van der Waals surface area contributed by atoms with Crippen molar-refractivity contribution in [3.05, 3.63) is 94.0 Å². The molecule has 2 heterocycles. The van der Waals surface area contributed by atoms with Crippen LogP contribution in [-0.2, 0) is 19.4 Å². The van der Waals surface area contributed by atoms with Crippen LogP contribution >= 0.6 is 23.2 Å². The highest BCUT2D eigenvalue weighted by atomic mass is 35.5. The van der Waals surface area contributed by atoms with E-state index < -0.39 is 21.5 Å². The average molecular weight is 632 g/mol. The van der Waals surface area contributed by atoms with Crippen molar-refractivity contribution in [3.8, 4) is 5.75 Å². The molecular weight excluding hydrogens is 599 g/mol. The van der Waals surface area contributed by atoms with Gasteiger partial charge in [-0.1, -0.05) is 47.5 Å². The Morgan fingerprint density at radius 1 is 1.05 bits per heavy atom.